The standard InChI is InChI=1S/C21H17FN2O4/c1-3-10-28-18-9-6-15(12-19(18)27-2)11-17-20(25)24(21(26)23-17)13-14-4-7-16(22)8-5-14/h1,4-9,11-12H,10,13H2,2H3,(H,23,26)/b17-11+. The summed E-state index contributed by atoms with van der Waals surface area (Å²) < 4.78 is 23.7. The van der Waals surface area contributed by atoms with Gasteiger partial charge in [-0.05, 0) is 41.5 Å². The minimum absolute atomic E-state index is 0.0461. The lowest BCUT2D eigenvalue weighted by Gasteiger charge is -2.11. The molecule has 6 nitrogen and oxygen atoms in total. The third-order valence-corrected chi connectivity index (χ3v) is 4.03. The van der Waals surface area contributed by atoms with Gasteiger partial charge in [-0.15, -0.1) is 6.42 Å². The lowest BCUT2D eigenvalue weighted by molar-refractivity contribution is -0.123. The Morgan fingerprint density at radius 2 is 1.93 bits per heavy atom. The summed E-state index contributed by atoms with van der Waals surface area (Å²) in [6.07, 6.45) is 6.72. The van der Waals surface area contributed by atoms with E-state index in [0.717, 1.165) is 4.90 Å². The van der Waals surface area contributed by atoms with Gasteiger partial charge in [0.2, 0.25) is 0 Å². The number of benzene rings is 2. The van der Waals surface area contributed by atoms with E-state index >= 15 is 0 Å². The first-order valence-corrected chi connectivity index (χ1v) is 8.35. The molecule has 0 atom stereocenters. The monoisotopic (exact) mass is 380 g/mol. The van der Waals surface area contributed by atoms with Crippen molar-refractivity contribution < 1.29 is 23.5 Å². The molecule has 1 heterocycles. The number of urea groups is 1. The molecule has 1 aliphatic heterocycles. The summed E-state index contributed by atoms with van der Waals surface area (Å²) >= 11 is 0. The third kappa shape index (κ3) is 4.13. The Morgan fingerprint density at radius 3 is 2.61 bits per heavy atom. The van der Waals surface area contributed by atoms with Crippen molar-refractivity contribution >= 4 is 18.0 Å². The Bertz CT molecular complexity index is 977. The number of carbonyl (C=O) groups is 2. The number of amides is 3. The molecular formula is C21H17FN2O4. The molecule has 2 aromatic carbocycles. The lowest BCUT2D eigenvalue weighted by atomic mass is 10.1. The van der Waals surface area contributed by atoms with E-state index in [1.807, 2.05) is 0 Å². The number of ether oxygens (including phenoxy) is 2. The van der Waals surface area contributed by atoms with Crippen LogP contribution in [0.15, 0.2) is 48.2 Å². The molecule has 0 aliphatic carbocycles. The molecule has 0 saturated carbocycles. The number of hydrogen-bond acceptors (Lipinski definition) is 4. The van der Waals surface area contributed by atoms with Crippen molar-refractivity contribution in [3.05, 3.63) is 65.1 Å². The molecule has 1 aliphatic rings. The van der Waals surface area contributed by atoms with E-state index in [9.17, 15) is 14.0 Å². The average molecular weight is 380 g/mol. The summed E-state index contributed by atoms with van der Waals surface area (Å²) in [6, 6.07) is 10.1. The fourth-order valence-electron chi connectivity index (χ4n) is 2.67. The molecule has 1 fully saturated rings. The van der Waals surface area contributed by atoms with Crippen LogP contribution in [-0.4, -0.2) is 30.6 Å². The molecule has 142 valence electrons. The van der Waals surface area contributed by atoms with Crippen LogP contribution in [0, 0.1) is 18.2 Å². The Kier molecular flexibility index (Phi) is 5.61. The van der Waals surface area contributed by atoms with E-state index in [0.29, 0.717) is 22.6 Å². The normalized spacial score (nSPS) is 14.8. The highest BCUT2D eigenvalue weighted by molar-refractivity contribution is 6.13. The van der Waals surface area contributed by atoms with Gasteiger partial charge in [-0.2, -0.15) is 0 Å². The molecule has 1 saturated heterocycles. The quantitative estimate of drug-likeness (QED) is 0.475. The smallest absolute Gasteiger partial charge is 0.329 e. The Labute approximate surface area is 161 Å². The van der Waals surface area contributed by atoms with Crippen LogP contribution in [0.3, 0.4) is 0 Å². The number of terminal acetylenes is 1. The molecule has 0 unspecified atom stereocenters. The first kappa shape index (κ1) is 19.0. The van der Waals surface area contributed by atoms with E-state index in [-0.39, 0.29) is 24.7 Å². The number of halogens is 1. The Morgan fingerprint density at radius 1 is 1.18 bits per heavy atom. The first-order chi connectivity index (χ1) is 13.5. The number of nitrogens with one attached hydrogen (secondary N) is 1. The van der Waals surface area contributed by atoms with Crippen molar-refractivity contribution in [3.63, 3.8) is 0 Å². The van der Waals surface area contributed by atoms with Crippen molar-refractivity contribution in [1.29, 1.82) is 0 Å². The zero-order valence-electron chi connectivity index (χ0n) is 15.1. The van der Waals surface area contributed by atoms with Gasteiger partial charge in [-0.1, -0.05) is 24.1 Å². The van der Waals surface area contributed by atoms with Gasteiger partial charge in [-0.25, -0.2) is 9.18 Å². The van der Waals surface area contributed by atoms with Gasteiger partial charge < -0.3 is 14.8 Å². The molecule has 7 heteroatoms. The fraction of sp³-hybridized carbons (Fsp3) is 0.143. The molecule has 3 amide bonds. The maximum Gasteiger partial charge on any atom is 0.329 e. The van der Waals surface area contributed by atoms with Gasteiger partial charge in [0, 0.05) is 0 Å². The van der Waals surface area contributed by atoms with Crippen LogP contribution in [0.25, 0.3) is 6.08 Å². The van der Waals surface area contributed by atoms with Crippen LogP contribution in [-0.2, 0) is 11.3 Å². The molecule has 1 N–H and O–H groups in total. The second-order valence-electron chi connectivity index (χ2n) is 5.91. The second kappa shape index (κ2) is 8.27. The molecule has 28 heavy (non-hydrogen) atoms. The number of imide groups is 1. The molecule has 0 bridgehead atoms. The maximum absolute atomic E-state index is 13.0. The number of rotatable bonds is 6. The van der Waals surface area contributed by atoms with Gasteiger partial charge in [0.05, 0.1) is 13.7 Å². The predicted molar refractivity (Wildman–Crippen MR) is 101 cm³/mol. The van der Waals surface area contributed by atoms with E-state index < -0.39 is 11.9 Å². The van der Waals surface area contributed by atoms with E-state index in [1.54, 1.807) is 24.3 Å². The van der Waals surface area contributed by atoms with Crippen LogP contribution in [0.1, 0.15) is 11.1 Å². The van der Waals surface area contributed by atoms with Gasteiger partial charge in [-0.3, -0.25) is 9.69 Å². The highest BCUT2D eigenvalue weighted by Crippen LogP contribution is 2.29. The number of methoxy groups -OCH3 is 1. The van der Waals surface area contributed by atoms with Crippen LogP contribution < -0.4 is 14.8 Å². The zero-order chi connectivity index (χ0) is 20.1. The minimum Gasteiger partial charge on any atom is -0.493 e. The summed E-state index contributed by atoms with van der Waals surface area (Å²) in [4.78, 5) is 25.8. The van der Waals surface area contributed by atoms with Gasteiger partial charge in [0.15, 0.2) is 11.5 Å². The first-order valence-electron chi connectivity index (χ1n) is 8.35. The highest BCUT2D eigenvalue weighted by atomic mass is 19.1. The van der Waals surface area contributed by atoms with Crippen molar-refractivity contribution in [2.45, 2.75) is 6.54 Å². The minimum atomic E-state index is -0.540. The van der Waals surface area contributed by atoms with Crippen molar-refractivity contribution in [3.8, 4) is 23.8 Å². The molecule has 0 radical (unpaired) electrons. The topological polar surface area (TPSA) is 67.9 Å². The van der Waals surface area contributed by atoms with Crippen LogP contribution in [0.4, 0.5) is 9.18 Å². The molecule has 0 spiro atoms. The molecular weight excluding hydrogens is 363 g/mol. The zero-order valence-corrected chi connectivity index (χ0v) is 15.1. The van der Waals surface area contributed by atoms with Crippen molar-refractivity contribution in [1.82, 2.24) is 10.2 Å². The van der Waals surface area contributed by atoms with Gasteiger partial charge in [0.25, 0.3) is 5.91 Å². The third-order valence-electron chi connectivity index (χ3n) is 4.03. The van der Waals surface area contributed by atoms with Crippen molar-refractivity contribution in [2.24, 2.45) is 0 Å². The Balaban J connectivity index is 1.79. The summed E-state index contributed by atoms with van der Waals surface area (Å²) in [5.74, 6) is 2.44. The van der Waals surface area contributed by atoms with Crippen LogP contribution in [0.2, 0.25) is 0 Å². The number of nitrogens with zero attached hydrogens (tertiary/aromatic N) is 1. The largest absolute Gasteiger partial charge is 0.493 e. The summed E-state index contributed by atoms with van der Waals surface area (Å²) in [6.45, 7) is 0.147. The highest BCUT2D eigenvalue weighted by Gasteiger charge is 2.33. The maximum atomic E-state index is 13.0. The van der Waals surface area contributed by atoms with E-state index in [1.165, 1.54) is 31.4 Å². The van der Waals surface area contributed by atoms with Crippen LogP contribution >= 0.6 is 0 Å². The van der Waals surface area contributed by atoms with E-state index in [2.05, 4.69) is 11.2 Å². The average Bonchev–Trinajstić information content (AvgIpc) is 2.95. The fourth-order valence-corrected chi connectivity index (χ4v) is 2.67. The predicted octanol–water partition coefficient (Wildman–Crippen LogP) is 2.94. The molecule has 3 rings (SSSR count). The Hall–Kier alpha value is -3.79. The summed E-state index contributed by atoms with van der Waals surface area (Å²) in [5.41, 5.74) is 1.41. The summed E-state index contributed by atoms with van der Waals surface area (Å²) in [5, 5.41) is 2.55. The SMILES string of the molecule is C#CCOc1ccc(/C=C2/NC(=O)N(Cc3ccc(F)cc3)C2=O)cc1OC. The van der Waals surface area contributed by atoms with E-state index in [4.69, 9.17) is 15.9 Å². The van der Waals surface area contributed by atoms with Gasteiger partial charge in [0.1, 0.15) is 18.1 Å². The van der Waals surface area contributed by atoms with Crippen LogP contribution in [0.5, 0.6) is 11.5 Å². The molecule has 0 aromatic heterocycles. The summed E-state index contributed by atoms with van der Waals surface area (Å²) in [7, 11) is 1.49. The second-order valence-corrected chi connectivity index (χ2v) is 5.91. The lowest BCUT2D eigenvalue weighted by Crippen LogP contribution is -2.30. The van der Waals surface area contributed by atoms with Crippen molar-refractivity contribution in [2.75, 3.05) is 13.7 Å². The number of carbonyl (C=O) groups excluding carboxylic acids is 2. The molecule has 2 aromatic rings. The number of hydrogen-bond donors (Lipinski definition) is 1. The van der Waals surface area contributed by atoms with Gasteiger partial charge >= 0.3 is 6.03 Å².